The summed E-state index contributed by atoms with van der Waals surface area (Å²) in [6, 6.07) is 11.9. The predicted octanol–water partition coefficient (Wildman–Crippen LogP) is 3.38. The van der Waals surface area contributed by atoms with Crippen molar-refractivity contribution in [1.82, 2.24) is 4.90 Å². The molecule has 1 aliphatic rings. The fourth-order valence-corrected chi connectivity index (χ4v) is 3.17. The molecular weight excluding hydrogens is 349 g/mol. The zero-order valence-electron chi connectivity index (χ0n) is 15.6. The van der Waals surface area contributed by atoms with Crippen LogP contribution in [0.2, 0.25) is 0 Å². The van der Waals surface area contributed by atoms with Gasteiger partial charge in [-0.3, -0.25) is 4.79 Å². The van der Waals surface area contributed by atoms with Crippen molar-refractivity contribution < 1.29 is 23.4 Å². The van der Waals surface area contributed by atoms with E-state index in [0.717, 1.165) is 11.1 Å². The van der Waals surface area contributed by atoms with Crippen LogP contribution >= 0.6 is 0 Å². The number of aryl methyl sites for hydroxylation is 1. The van der Waals surface area contributed by atoms with E-state index in [-0.39, 0.29) is 17.8 Å². The van der Waals surface area contributed by atoms with Crippen LogP contribution in [-0.2, 0) is 16.0 Å². The molecule has 1 amide bonds. The highest BCUT2D eigenvalue weighted by molar-refractivity contribution is 5.76. The molecule has 6 heteroatoms. The van der Waals surface area contributed by atoms with Gasteiger partial charge in [-0.25, -0.2) is 4.39 Å². The van der Waals surface area contributed by atoms with Gasteiger partial charge in [-0.1, -0.05) is 12.1 Å². The molecular formula is C21H24FNO4. The van der Waals surface area contributed by atoms with Gasteiger partial charge in [0.15, 0.2) is 0 Å². The van der Waals surface area contributed by atoms with Gasteiger partial charge in [-0.2, -0.15) is 0 Å². The second-order valence-corrected chi connectivity index (χ2v) is 6.47. The molecule has 3 rings (SSSR count). The molecule has 1 fully saturated rings. The number of hydrogen-bond donors (Lipinski definition) is 0. The van der Waals surface area contributed by atoms with Gasteiger partial charge in [0.05, 0.1) is 27.4 Å². The third-order valence-corrected chi connectivity index (χ3v) is 4.70. The fourth-order valence-electron chi connectivity index (χ4n) is 3.17. The lowest BCUT2D eigenvalue weighted by Gasteiger charge is -2.33. The van der Waals surface area contributed by atoms with E-state index < -0.39 is 0 Å². The Hall–Kier alpha value is -2.60. The summed E-state index contributed by atoms with van der Waals surface area (Å²) in [5.74, 6) is 1.21. The molecule has 0 radical (unpaired) electrons. The second kappa shape index (κ2) is 8.86. The minimum Gasteiger partial charge on any atom is -0.497 e. The van der Waals surface area contributed by atoms with E-state index in [9.17, 15) is 9.18 Å². The Morgan fingerprint density at radius 1 is 1.15 bits per heavy atom. The number of carbonyl (C=O) groups excluding carboxylic acids is 1. The summed E-state index contributed by atoms with van der Waals surface area (Å²) in [4.78, 5) is 14.5. The Labute approximate surface area is 158 Å². The average Bonchev–Trinajstić information content (AvgIpc) is 2.72. The number of morpholine rings is 1. The first kappa shape index (κ1) is 19.2. The average molecular weight is 373 g/mol. The minimum absolute atomic E-state index is 0.0761. The van der Waals surface area contributed by atoms with Crippen molar-refractivity contribution in [3.8, 4) is 11.5 Å². The second-order valence-electron chi connectivity index (χ2n) is 6.47. The summed E-state index contributed by atoms with van der Waals surface area (Å²) in [6.07, 6.45) is 0.775. The van der Waals surface area contributed by atoms with Gasteiger partial charge >= 0.3 is 0 Å². The third-order valence-electron chi connectivity index (χ3n) is 4.70. The number of carbonyl (C=O) groups is 1. The zero-order valence-corrected chi connectivity index (χ0v) is 15.6. The maximum absolute atomic E-state index is 13.1. The monoisotopic (exact) mass is 373 g/mol. The van der Waals surface area contributed by atoms with Crippen molar-refractivity contribution >= 4 is 5.91 Å². The molecule has 5 nitrogen and oxygen atoms in total. The number of nitrogens with zero attached hydrogens (tertiary/aromatic N) is 1. The molecule has 0 aliphatic carbocycles. The van der Waals surface area contributed by atoms with Crippen LogP contribution in [0.25, 0.3) is 0 Å². The van der Waals surface area contributed by atoms with E-state index in [1.165, 1.54) is 12.1 Å². The van der Waals surface area contributed by atoms with E-state index >= 15 is 0 Å². The van der Waals surface area contributed by atoms with E-state index in [1.54, 1.807) is 32.4 Å². The molecule has 1 saturated heterocycles. The summed E-state index contributed by atoms with van der Waals surface area (Å²) in [5, 5.41) is 0. The van der Waals surface area contributed by atoms with Crippen LogP contribution in [0.4, 0.5) is 4.39 Å². The molecule has 0 bridgehead atoms. The number of benzene rings is 2. The van der Waals surface area contributed by atoms with Crippen molar-refractivity contribution in [3.63, 3.8) is 0 Å². The quantitative estimate of drug-likeness (QED) is 0.779. The Kier molecular flexibility index (Phi) is 6.29. The number of methoxy groups -OCH3 is 2. The normalized spacial score (nSPS) is 16.9. The van der Waals surface area contributed by atoms with Crippen molar-refractivity contribution in [3.05, 3.63) is 59.4 Å². The zero-order chi connectivity index (χ0) is 19.2. The molecule has 0 spiro atoms. The Balaban J connectivity index is 1.60. The lowest BCUT2D eigenvalue weighted by molar-refractivity contribution is -0.139. The first-order valence-corrected chi connectivity index (χ1v) is 8.96. The number of amides is 1. The molecule has 144 valence electrons. The highest BCUT2D eigenvalue weighted by Crippen LogP contribution is 2.25. The third kappa shape index (κ3) is 4.98. The van der Waals surface area contributed by atoms with Gasteiger partial charge in [-0.05, 0) is 41.8 Å². The van der Waals surface area contributed by atoms with Gasteiger partial charge in [-0.15, -0.1) is 0 Å². The maximum Gasteiger partial charge on any atom is 0.223 e. The summed E-state index contributed by atoms with van der Waals surface area (Å²) >= 11 is 0. The van der Waals surface area contributed by atoms with Gasteiger partial charge in [0.2, 0.25) is 5.91 Å². The van der Waals surface area contributed by atoms with Crippen molar-refractivity contribution in [2.45, 2.75) is 18.9 Å². The molecule has 2 aromatic rings. The van der Waals surface area contributed by atoms with Gasteiger partial charge in [0.1, 0.15) is 23.4 Å². The lowest BCUT2D eigenvalue weighted by atomic mass is 10.1. The van der Waals surface area contributed by atoms with E-state index in [0.29, 0.717) is 44.0 Å². The van der Waals surface area contributed by atoms with Gasteiger partial charge in [0, 0.05) is 19.0 Å². The molecule has 1 aliphatic heterocycles. The largest absolute Gasteiger partial charge is 0.497 e. The lowest BCUT2D eigenvalue weighted by Crippen LogP contribution is -2.42. The smallest absolute Gasteiger partial charge is 0.223 e. The Morgan fingerprint density at radius 2 is 1.81 bits per heavy atom. The number of ether oxygens (including phenoxy) is 3. The van der Waals surface area contributed by atoms with Crippen LogP contribution in [0.5, 0.6) is 11.5 Å². The topological polar surface area (TPSA) is 48.0 Å². The van der Waals surface area contributed by atoms with Crippen LogP contribution in [-0.4, -0.2) is 44.7 Å². The molecule has 27 heavy (non-hydrogen) atoms. The van der Waals surface area contributed by atoms with Crippen molar-refractivity contribution in [2.24, 2.45) is 0 Å². The number of hydrogen-bond acceptors (Lipinski definition) is 4. The first-order valence-electron chi connectivity index (χ1n) is 8.96. The highest BCUT2D eigenvalue weighted by Gasteiger charge is 2.25. The van der Waals surface area contributed by atoms with Crippen LogP contribution < -0.4 is 9.47 Å². The standard InChI is InChI=1S/C21H24FNO4/c1-25-18-11-15(12-19(13-18)26-2)3-8-21(24)23-9-10-27-20(14-23)16-4-6-17(22)7-5-16/h4-7,11-13,20H,3,8-10,14H2,1-2H3. The van der Waals surface area contributed by atoms with Crippen molar-refractivity contribution in [1.29, 1.82) is 0 Å². The molecule has 1 unspecified atom stereocenters. The van der Waals surface area contributed by atoms with E-state index in [4.69, 9.17) is 14.2 Å². The Bertz CT molecular complexity index is 756. The fraction of sp³-hybridized carbons (Fsp3) is 0.381. The summed E-state index contributed by atoms with van der Waals surface area (Å²) < 4.78 is 29.4. The van der Waals surface area contributed by atoms with Crippen LogP contribution in [0.1, 0.15) is 23.7 Å². The van der Waals surface area contributed by atoms with Crippen LogP contribution in [0.15, 0.2) is 42.5 Å². The molecule has 1 heterocycles. The SMILES string of the molecule is COc1cc(CCC(=O)N2CCOC(c3ccc(F)cc3)C2)cc(OC)c1. The number of rotatable bonds is 6. The van der Waals surface area contributed by atoms with Gasteiger partial charge < -0.3 is 19.1 Å². The molecule has 0 saturated carbocycles. The maximum atomic E-state index is 13.1. The van der Waals surface area contributed by atoms with Crippen LogP contribution in [0.3, 0.4) is 0 Å². The van der Waals surface area contributed by atoms with E-state index in [1.807, 2.05) is 17.0 Å². The minimum atomic E-state index is -0.281. The van der Waals surface area contributed by atoms with E-state index in [2.05, 4.69) is 0 Å². The summed E-state index contributed by atoms with van der Waals surface area (Å²) in [5.41, 5.74) is 1.87. The molecule has 2 aromatic carbocycles. The Morgan fingerprint density at radius 3 is 2.44 bits per heavy atom. The van der Waals surface area contributed by atoms with Crippen molar-refractivity contribution in [2.75, 3.05) is 33.9 Å². The molecule has 0 aromatic heterocycles. The summed E-state index contributed by atoms with van der Waals surface area (Å²) in [6.45, 7) is 1.52. The summed E-state index contributed by atoms with van der Waals surface area (Å²) in [7, 11) is 3.21. The first-order chi connectivity index (χ1) is 13.1. The molecule has 0 N–H and O–H groups in total. The number of halogens is 1. The van der Waals surface area contributed by atoms with Crippen LogP contribution in [0, 0.1) is 5.82 Å². The predicted molar refractivity (Wildman–Crippen MR) is 99.5 cm³/mol. The van der Waals surface area contributed by atoms with Gasteiger partial charge in [0.25, 0.3) is 0 Å². The molecule has 1 atom stereocenters. The highest BCUT2D eigenvalue weighted by atomic mass is 19.1.